The van der Waals surface area contributed by atoms with Crippen molar-refractivity contribution in [2.24, 2.45) is 5.92 Å². The van der Waals surface area contributed by atoms with Gasteiger partial charge in [-0.3, -0.25) is 0 Å². The van der Waals surface area contributed by atoms with Gasteiger partial charge in [0.15, 0.2) is 0 Å². The van der Waals surface area contributed by atoms with Gasteiger partial charge in [-0.05, 0) is 37.4 Å². The molecule has 0 heterocycles. The zero-order valence-electron chi connectivity index (χ0n) is 11.5. The third-order valence-electron chi connectivity index (χ3n) is 3.24. The Morgan fingerprint density at radius 3 is 2.56 bits per heavy atom. The Morgan fingerprint density at radius 1 is 1.28 bits per heavy atom. The van der Waals surface area contributed by atoms with Crippen LogP contribution in [0.3, 0.4) is 0 Å². The molecule has 0 aliphatic rings. The highest BCUT2D eigenvalue weighted by Crippen LogP contribution is 2.32. The van der Waals surface area contributed by atoms with E-state index in [1.54, 1.807) is 12.1 Å². The molecule has 0 aliphatic carbocycles. The average molecular weight is 316 g/mol. The van der Waals surface area contributed by atoms with Crippen LogP contribution in [-0.2, 0) is 0 Å². The molecule has 0 saturated heterocycles. The van der Waals surface area contributed by atoms with Crippen molar-refractivity contribution in [1.82, 2.24) is 5.32 Å². The first-order valence-corrected chi connectivity index (χ1v) is 7.58. The lowest BCUT2D eigenvalue weighted by Gasteiger charge is -2.27. The van der Waals surface area contributed by atoms with E-state index in [0.29, 0.717) is 5.92 Å². The van der Waals surface area contributed by atoms with Gasteiger partial charge in [-0.2, -0.15) is 0 Å². The number of nitrogens with one attached hydrogen (secondary N) is 1. The standard InChI is InChI=1S/C15H23BrFN/c1-4-7-11(3)15(18-10-5-2)14-12(16)8-6-9-13(14)17/h6,8-9,11,15,18H,4-5,7,10H2,1-3H3. The van der Waals surface area contributed by atoms with E-state index in [0.717, 1.165) is 35.8 Å². The normalized spacial score (nSPS) is 14.5. The van der Waals surface area contributed by atoms with Crippen molar-refractivity contribution < 1.29 is 4.39 Å². The summed E-state index contributed by atoms with van der Waals surface area (Å²) in [5, 5.41) is 3.48. The predicted molar refractivity (Wildman–Crippen MR) is 79.2 cm³/mol. The fourth-order valence-corrected chi connectivity index (χ4v) is 2.91. The van der Waals surface area contributed by atoms with Crippen LogP contribution in [0, 0.1) is 11.7 Å². The Kier molecular flexibility index (Phi) is 6.87. The van der Waals surface area contributed by atoms with E-state index >= 15 is 0 Å². The van der Waals surface area contributed by atoms with Crippen LogP contribution >= 0.6 is 15.9 Å². The molecule has 0 spiro atoms. The topological polar surface area (TPSA) is 12.0 Å². The molecule has 0 bridgehead atoms. The van der Waals surface area contributed by atoms with Gasteiger partial charge >= 0.3 is 0 Å². The second-order valence-electron chi connectivity index (χ2n) is 4.83. The van der Waals surface area contributed by atoms with Crippen LogP contribution in [0.5, 0.6) is 0 Å². The summed E-state index contributed by atoms with van der Waals surface area (Å²) in [6, 6.07) is 5.28. The molecular formula is C15H23BrFN. The van der Waals surface area contributed by atoms with E-state index in [4.69, 9.17) is 0 Å². The van der Waals surface area contributed by atoms with Crippen LogP contribution in [0.25, 0.3) is 0 Å². The second kappa shape index (κ2) is 7.90. The highest BCUT2D eigenvalue weighted by Gasteiger charge is 2.23. The lowest BCUT2D eigenvalue weighted by molar-refractivity contribution is 0.352. The molecule has 102 valence electrons. The SMILES string of the molecule is CCCNC(c1c(F)cccc1Br)C(C)CCC. The van der Waals surface area contributed by atoms with Gasteiger partial charge in [0.05, 0.1) is 0 Å². The lowest BCUT2D eigenvalue weighted by Crippen LogP contribution is -2.29. The van der Waals surface area contributed by atoms with Crippen molar-refractivity contribution in [1.29, 1.82) is 0 Å². The Morgan fingerprint density at radius 2 is 2.00 bits per heavy atom. The third-order valence-corrected chi connectivity index (χ3v) is 3.93. The maximum Gasteiger partial charge on any atom is 0.129 e. The summed E-state index contributed by atoms with van der Waals surface area (Å²) in [4.78, 5) is 0. The third kappa shape index (κ3) is 4.06. The number of rotatable bonds is 7. The van der Waals surface area contributed by atoms with Crippen LogP contribution in [-0.4, -0.2) is 6.54 Å². The molecule has 1 nitrogen and oxygen atoms in total. The zero-order chi connectivity index (χ0) is 13.5. The molecule has 1 rings (SSSR count). The minimum Gasteiger partial charge on any atom is -0.310 e. The fraction of sp³-hybridized carbons (Fsp3) is 0.600. The van der Waals surface area contributed by atoms with E-state index in [-0.39, 0.29) is 11.9 Å². The maximum atomic E-state index is 14.1. The quantitative estimate of drug-likeness (QED) is 0.741. The van der Waals surface area contributed by atoms with Crippen LogP contribution in [0.1, 0.15) is 51.6 Å². The molecule has 0 saturated carbocycles. The first-order valence-electron chi connectivity index (χ1n) is 6.79. The predicted octanol–water partition coefficient (Wildman–Crippen LogP) is 5.07. The molecule has 1 aromatic carbocycles. The zero-order valence-corrected chi connectivity index (χ0v) is 13.1. The van der Waals surface area contributed by atoms with Crippen molar-refractivity contribution in [2.75, 3.05) is 6.54 Å². The van der Waals surface area contributed by atoms with Gasteiger partial charge in [0.2, 0.25) is 0 Å². The Bertz CT molecular complexity index is 347. The molecule has 0 radical (unpaired) electrons. The highest BCUT2D eigenvalue weighted by atomic mass is 79.9. The van der Waals surface area contributed by atoms with E-state index in [1.165, 1.54) is 0 Å². The van der Waals surface area contributed by atoms with E-state index < -0.39 is 0 Å². The first-order chi connectivity index (χ1) is 8.61. The summed E-state index contributed by atoms with van der Waals surface area (Å²) in [5.74, 6) is 0.302. The molecule has 3 heteroatoms. The van der Waals surface area contributed by atoms with Crippen LogP contribution < -0.4 is 5.32 Å². The van der Waals surface area contributed by atoms with Gasteiger partial charge in [-0.25, -0.2) is 4.39 Å². The van der Waals surface area contributed by atoms with Crippen molar-refractivity contribution in [3.05, 3.63) is 34.1 Å². The summed E-state index contributed by atoms with van der Waals surface area (Å²) >= 11 is 3.48. The maximum absolute atomic E-state index is 14.1. The number of benzene rings is 1. The summed E-state index contributed by atoms with van der Waals surface area (Å²) in [6.45, 7) is 7.41. The van der Waals surface area contributed by atoms with Gasteiger partial charge in [-0.15, -0.1) is 0 Å². The Hall–Kier alpha value is -0.410. The van der Waals surface area contributed by atoms with Gasteiger partial charge in [0.25, 0.3) is 0 Å². The van der Waals surface area contributed by atoms with Gasteiger partial charge < -0.3 is 5.32 Å². The minimum atomic E-state index is -0.124. The van der Waals surface area contributed by atoms with E-state index in [1.807, 2.05) is 6.07 Å². The fourth-order valence-electron chi connectivity index (χ4n) is 2.32. The molecular weight excluding hydrogens is 293 g/mol. The summed E-state index contributed by atoms with van der Waals surface area (Å²) < 4.78 is 14.9. The van der Waals surface area contributed by atoms with Gasteiger partial charge in [-0.1, -0.05) is 49.2 Å². The highest BCUT2D eigenvalue weighted by molar-refractivity contribution is 9.10. The van der Waals surface area contributed by atoms with Crippen molar-refractivity contribution in [2.45, 2.75) is 46.1 Å². The molecule has 2 unspecified atom stereocenters. The first kappa shape index (κ1) is 15.6. The number of hydrogen-bond acceptors (Lipinski definition) is 1. The molecule has 18 heavy (non-hydrogen) atoms. The minimum absolute atomic E-state index is 0.0838. The molecule has 2 atom stereocenters. The number of hydrogen-bond donors (Lipinski definition) is 1. The van der Waals surface area contributed by atoms with Crippen molar-refractivity contribution in [3.63, 3.8) is 0 Å². The van der Waals surface area contributed by atoms with Gasteiger partial charge in [0, 0.05) is 16.1 Å². The van der Waals surface area contributed by atoms with Crippen LogP contribution in [0.4, 0.5) is 4.39 Å². The number of halogens is 2. The van der Waals surface area contributed by atoms with E-state index in [2.05, 4.69) is 42.0 Å². The van der Waals surface area contributed by atoms with E-state index in [9.17, 15) is 4.39 Å². The van der Waals surface area contributed by atoms with Crippen molar-refractivity contribution >= 4 is 15.9 Å². The lowest BCUT2D eigenvalue weighted by atomic mass is 9.90. The summed E-state index contributed by atoms with van der Waals surface area (Å²) in [7, 11) is 0. The molecule has 0 aliphatic heterocycles. The second-order valence-corrected chi connectivity index (χ2v) is 5.69. The van der Waals surface area contributed by atoms with Crippen molar-refractivity contribution in [3.8, 4) is 0 Å². The van der Waals surface area contributed by atoms with Gasteiger partial charge in [0.1, 0.15) is 5.82 Å². The van der Waals surface area contributed by atoms with Crippen LogP contribution in [0.2, 0.25) is 0 Å². The molecule has 0 amide bonds. The Balaban J connectivity index is 3.00. The van der Waals surface area contributed by atoms with Crippen LogP contribution in [0.15, 0.2) is 22.7 Å². The average Bonchev–Trinajstić information content (AvgIpc) is 2.33. The summed E-state index contributed by atoms with van der Waals surface area (Å²) in [6.07, 6.45) is 3.28. The molecule has 0 fully saturated rings. The monoisotopic (exact) mass is 315 g/mol. The largest absolute Gasteiger partial charge is 0.310 e. The molecule has 0 aromatic heterocycles. The summed E-state index contributed by atoms with van der Waals surface area (Å²) in [5.41, 5.74) is 0.770. The smallest absolute Gasteiger partial charge is 0.129 e. The molecule has 1 aromatic rings. The molecule has 1 N–H and O–H groups in total. The Labute approximate surface area is 118 Å².